The van der Waals surface area contributed by atoms with Crippen molar-refractivity contribution in [2.75, 3.05) is 0 Å². The van der Waals surface area contributed by atoms with Crippen LogP contribution in [-0.4, -0.2) is 16.9 Å². The topological polar surface area (TPSA) is 46.6 Å². The molecule has 0 bridgehead atoms. The summed E-state index contributed by atoms with van der Waals surface area (Å²) in [5.74, 6) is -1.39. The first-order valence-electron chi connectivity index (χ1n) is 6.02. The summed E-state index contributed by atoms with van der Waals surface area (Å²) in [5, 5.41) is 0.718. The summed E-state index contributed by atoms with van der Waals surface area (Å²) in [5.41, 5.74) is 1.18. The molecule has 0 saturated carbocycles. The van der Waals surface area contributed by atoms with Crippen LogP contribution in [-0.2, 0) is 11.4 Å². The lowest BCUT2D eigenvalue weighted by Gasteiger charge is -2.13. The lowest BCUT2D eigenvalue weighted by atomic mass is 10.1. The number of rotatable bonds is 3. The molecular weight excluding hydrogens is 261 g/mol. The van der Waals surface area contributed by atoms with Crippen LogP contribution < -0.4 is 0 Å². The van der Waals surface area contributed by atoms with Gasteiger partial charge >= 0.3 is 0 Å². The number of amides is 2. The molecule has 0 unspecified atom stereocenters. The molecule has 2 amide bonds. The Morgan fingerprint density at radius 2 is 1.60 bits per heavy atom. The van der Waals surface area contributed by atoms with Crippen LogP contribution in [0.15, 0.2) is 48.5 Å². The number of hydrogen-bond acceptors (Lipinski definition) is 3. The fourth-order valence-corrected chi connectivity index (χ4v) is 2.05. The molecule has 2 aromatic rings. The maximum absolute atomic E-state index is 13.0. The normalized spacial score (nSPS) is 13.8. The molecule has 0 spiro atoms. The monoisotopic (exact) mass is 271 g/mol. The molecule has 2 aromatic carbocycles. The van der Waals surface area contributed by atoms with Gasteiger partial charge in [-0.25, -0.2) is 4.39 Å². The molecule has 0 fully saturated rings. The summed E-state index contributed by atoms with van der Waals surface area (Å²) in [7, 11) is 0. The predicted octanol–water partition coefficient (Wildman–Crippen LogP) is 2.55. The first-order chi connectivity index (χ1) is 9.66. The number of benzene rings is 2. The van der Waals surface area contributed by atoms with Gasteiger partial charge in [0.05, 0.1) is 11.1 Å². The number of imide groups is 1. The number of nitrogens with zero attached hydrogens (tertiary/aromatic N) is 1. The highest BCUT2D eigenvalue weighted by Gasteiger charge is 2.36. The third kappa shape index (κ3) is 2.08. The molecule has 0 N–H and O–H groups in total. The Morgan fingerprint density at radius 1 is 0.950 bits per heavy atom. The zero-order valence-electron chi connectivity index (χ0n) is 10.4. The van der Waals surface area contributed by atoms with Crippen LogP contribution in [0.25, 0.3) is 0 Å². The van der Waals surface area contributed by atoms with Crippen LogP contribution >= 0.6 is 0 Å². The number of halogens is 1. The van der Waals surface area contributed by atoms with Crippen molar-refractivity contribution < 1.29 is 18.8 Å². The molecule has 0 saturated heterocycles. The minimum absolute atomic E-state index is 0.0524. The first kappa shape index (κ1) is 12.5. The van der Waals surface area contributed by atoms with E-state index in [0.29, 0.717) is 16.7 Å². The van der Waals surface area contributed by atoms with Gasteiger partial charge in [0.1, 0.15) is 12.4 Å². The number of carbonyl (C=O) groups excluding carboxylic acids is 2. The van der Waals surface area contributed by atoms with Gasteiger partial charge in [0.15, 0.2) is 0 Å². The Hall–Kier alpha value is -2.53. The predicted molar refractivity (Wildman–Crippen MR) is 68.1 cm³/mol. The smallest absolute Gasteiger partial charge is 0.266 e. The van der Waals surface area contributed by atoms with Crippen molar-refractivity contribution in [3.63, 3.8) is 0 Å². The Bertz CT molecular complexity index is 664. The second kappa shape index (κ2) is 4.86. The summed E-state index contributed by atoms with van der Waals surface area (Å²) < 4.78 is 13.0. The van der Waals surface area contributed by atoms with Crippen LogP contribution in [0.1, 0.15) is 26.3 Å². The minimum atomic E-state index is -0.498. The fraction of sp³-hybridized carbons (Fsp3) is 0.0667. The fourth-order valence-electron chi connectivity index (χ4n) is 2.05. The highest BCUT2D eigenvalue weighted by molar-refractivity contribution is 6.20. The molecule has 0 aromatic heterocycles. The van der Waals surface area contributed by atoms with E-state index in [4.69, 9.17) is 4.84 Å². The quantitative estimate of drug-likeness (QED) is 0.806. The molecule has 3 rings (SSSR count). The second-order valence-electron chi connectivity index (χ2n) is 4.35. The summed E-state index contributed by atoms with van der Waals surface area (Å²) in [4.78, 5) is 29.2. The Labute approximate surface area is 114 Å². The van der Waals surface area contributed by atoms with Crippen LogP contribution in [0.4, 0.5) is 4.39 Å². The maximum Gasteiger partial charge on any atom is 0.285 e. The molecule has 0 atom stereocenters. The lowest BCUT2D eigenvalue weighted by molar-refractivity contribution is -0.101. The first-order valence-corrected chi connectivity index (χ1v) is 6.02. The highest BCUT2D eigenvalue weighted by Crippen LogP contribution is 2.23. The van der Waals surface area contributed by atoms with E-state index >= 15 is 0 Å². The number of carbonyl (C=O) groups is 2. The van der Waals surface area contributed by atoms with E-state index in [2.05, 4.69) is 0 Å². The maximum atomic E-state index is 13.0. The Balaban J connectivity index is 1.77. The van der Waals surface area contributed by atoms with E-state index in [1.54, 1.807) is 30.3 Å². The number of fused-ring (bicyclic) bond motifs is 1. The second-order valence-corrected chi connectivity index (χ2v) is 4.35. The Kier molecular flexibility index (Phi) is 3.04. The summed E-state index contributed by atoms with van der Waals surface area (Å²) in [6.45, 7) is -0.0524. The standard InChI is InChI=1S/C15H10FNO3/c16-11-5-3-4-10(8-11)9-20-17-14(18)12-6-1-2-7-13(12)15(17)19/h1-8H,9H2. The number of hydroxylamine groups is 2. The molecule has 0 radical (unpaired) electrons. The molecule has 20 heavy (non-hydrogen) atoms. The summed E-state index contributed by atoms with van der Waals surface area (Å²) in [6.07, 6.45) is 0. The zero-order valence-corrected chi connectivity index (χ0v) is 10.4. The van der Waals surface area contributed by atoms with E-state index in [1.807, 2.05) is 0 Å². The van der Waals surface area contributed by atoms with E-state index in [1.165, 1.54) is 18.2 Å². The van der Waals surface area contributed by atoms with Gasteiger partial charge in [-0.3, -0.25) is 14.4 Å². The summed E-state index contributed by atoms with van der Waals surface area (Å²) >= 11 is 0. The van der Waals surface area contributed by atoms with E-state index in [0.717, 1.165) is 5.06 Å². The third-order valence-corrected chi connectivity index (χ3v) is 3.01. The van der Waals surface area contributed by atoms with E-state index < -0.39 is 17.6 Å². The van der Waals surface area contributed by atoms with Crippen molar-refractivity contribution in [2.24, 2.45) is 0 Å². The van der Waals surface area contributed by atoms with E-state index in [9.17, 15) is 14.0 Å². The highest BCUT2D eigenvalue weighted by atomic mass is 19.1. The molecule has 1 aliphatic heterocycles. The SMILES string of the molecule is O=C1c2ccccc2C(=O)N1OCc1cccc(F)c1. The van der Waals surface area contributed by atoms with Crippen molar-refractivity contribution in [3.8, 4) is 0 Å². The van der Waals surface area contributed by atoms with Gasteiger partial charge < -0.3 is 0 Å². The van der Waals surface area contributed by atoms with Crippen molar-refractivity contribution in [2.45, 2.75) is 6.61 Å². The van der Waals surface area contributed by atoms with Gasteiger partial charge in [-0.1, -0.05) is 24.3 Å². The molecule has 1 aliphatic rings. The van der Waals surface area contributed by atoms with Crippen LogP contribution in [0.5, 0.6) is 0 Å². The summed E-state index contributed by atoms with van der Waals surface area (Å²) in [6, 6.07) is 12.3. The average Bonchev–Trinajstić information content (AvgIpc) is 2.70. The Morgan fingerprint density at radius 3 is 2.20 bits per heavy atom. The van der Waals surface area contributed by atoms with Crippen molar-refractivity contribution >= 4 is 11.8 Å². The largest absolute Gasteiger partial charge is 0.285 e. The van der Waals surface area contributed by atoms with Gasteiger partial charge in [-0.2, -0.15) is 0 Å². The molecular formula is C15H10FNO3. The average molecular weight is 271 g/mol. The number of hydrogen-bond donors (Lipinski definition) is 0. The minimum Gasteiger partial charge on any atom is -0.266 e. The van der Waals surface area contributed by atoms with Crippen LogP contribution in [0.3, 0.4) is 0 Å². The molecule has 5 heteroatoms. The van der Waals surface area contributed by atoms with Gasteiger partial charge in [-0.15, -0.1) is 5.06 Å². The molecule has 4 nitrogen and oxygen atoms in total. The van der Waals surface area contributed by atoms with E-state index in [-0.39, 0.29) is 6.61 Å². The van der Waals surface area contributed by atoms with Gasteiger partial charge in [0.2, 0.25) is 0 Å². The molecule has 0 aliphatic carbocycles. The van der Waals surface area contributed by atoms with Crippen molar-refractivity contribution in [1.29, 1.82) is 0 Å². The van der Waals surface area contributed by atoms with Crippen molar-refractivity contribution in [3.05, 3.63) is 71.0 Å². The molecule has 100 valence electrons. The van der Waals surface area contributed by atoms with Crippen LogP contribution in [0, 0.1) is 5.82 Å². The van der Waals surface area contributed by atoms with Gasteiger partial charge in [0, 0.05) is 0 Å². The van der Waals surface area contributed by atoms with Gasteiger partial charge in [-0.05, 0) is 29.8 Å². The lowest BCUT2D eigenvalue weighted by Crippen LogP contribution is -2.29. The molecule has 1 heterocycles. The van der Waals surface area contributed by atoms with Crippen LogP contribution in [0.2, 0.25) is 0 Å². The van der Waals surface area contributed by atoms with Gasteiger partial charge in [0.25, 0.3) is 11.8 Å². The van der Waals surface area contributed by atoms with Crippen molar-refractivity contribution in [1.82, 2.24) is 5.06 Å². The third-order valence-electron chi connectivity index (χ3n) is 3.01. The zero-order chi connectivity index (χ0) is 14.1.